The number of halogens is 2. The number of carbonyl (C=O) groups excluding carboxylic acids is 1. The van der Waals surface area contributed by atoms with Crippen LogP contribution in [-0.2, 0) is 0 Å². The van der Waals surface area contributed by atoms with Crippen LogP contribution >= 0.6 is 11.6 Å². The normalized spacial score (nSPS) is 12.2. The number of carbonyl (C=O) groups is 1. The number of benzene rings is 2. The molecule has 1 atom stereocenters. The molecule has 1 unspecified atom stereocenters. The Kier molecular flexibility index (Phi) is 4.56. The van der Waals surface area contributed by atoms with Crippen molar-refractivity contribution in [1.82, 2.24) is 0 Å². The Balaban J connectivity index is 2.32. The van der Waals surface area contributed by atoms with Crippen LogP contribution in [0.5, 0.6) is 0 Å². The highest BCUT2D eigenvalue weighted by Gasteiger charge is 2.15. The first kappa shape index (κ1) is 14.7. The number of rotatable bonds is 4. The standard InChI is InChI=1S/C17H16ClFO/c1-3-11(2)12-4-6-13(7-5-12)17(20)15-10-14(18)8-9-16(15)19/h4-11H,3H2,1-2H3. The quantitative estimate of drug-likeness (QED) is 0.705. The highest BCUT2D eigenvalue weighted by atomic mass is 35.5. The van der Waals surface area contributed by atoms with E-state index in [4.69, 9.17) is 11.6 Å². The van der Waals surface area contributed by atoms with Crippen LogP contribution in [-0.4, -0.2) is 5.78 Å². The van der Waals surface area contributed by atoms with Gasteiger partial charge >= 0.3 is 0 Å². The molecule has 3 heteroatoms. The molecule has 0 saturated heterocycles. The number of hydrogen-bond acceptors (Lipinski definition) is 1. The van der Waals surface area contributed by atoms with Crippen LogP contribution in [0.2, 0.25) is 5.02 Å². The maximum Gasteiger partial charge on any atom is 0.196 e. The van der Waals surface area contributed by atoms with Crippen molar-refractivity contribution in [3.63, 3.8) is 0 Å². The third kappa shape index (κ3) is 3.07. The largest absolute Gasteiger partial charge is 0.288 e. The molecule has 2 aromatic carbocycles. The Hall–Kier alpha value is -1.67. The van der Waals surface area contributed by atoms with Crippen molar-refractivity contribution in [3.8, 4) is 0 Å². The van der Waals surface area contributed by atoms with Crippen LogP contribution in [0, 0.1) is 5.82 Å². The average Bonchev–Trinajstić information content (AvgIpc) is 2.48. The topological polar surface area (TPSA) is 17.1 Å². The summed E-state index contributed by atoms with van der Waals surface area (Å²) in [5, 5.41) is 0.353. The van der Waals surface area contributed by atoms with Gasteiger partial charge in [-0.25, -0.2) is 4.39 Å². The SMILES string of the molecule is CCC(C)c1ccc(C(=O)c2cc(Cl)ccc2F)cc1. The van der Waals surface area contributed by atoms with Gasteiger partial charge in [-0.1, -0.05) is 49.7 Å². The second kappa shape index (κ2) is 6.19. The molecule has 0 saturated carbocycles. The van der Waals surface area contributed by atoms with Crippen LogP contribution in [0.15, 0.2) is 42.5 Å². The lowest BCUT2D eigenvalue weighted by Crippen LogP contribution is -2.04. The van der Waals surface area contributed by atoms with Gasteiger partial charge in [0, 0.05) is 10.6 Å². The van der Waals surface area contributed by atoms with Gasteiger partial charge in [0.2, 0.25) is 0 Å². The van der Waals surface area contributed by atoms with Crippen molar-refractivity contribution in [1.29, 1.82) is 0 Å². The van der Waals surface area contributed by atoms with E-state index >= 15 is 0 Å². The van der Waals surface area contributed by atoms with E-state index in [0.29, 0.717) is 16.5 Å². The molecule has 0 N–H and O–H groups in total. The molecule has 0 spiro atoms. The molecule has 0 fully saturated rings. The van der Waals surface area contributed by atoms with Gasteiger partial charge in [0.25, 0.3) is 0 Å². The van der Waals surface area contributed by atoms with Crippen molar-refractivity contribution in [2.24, 2.45) is 0 Å². The second-order valence-electron chi connectivity index (χ2n) is 4.88. The summed E-state index contributed by atoms with van der Waals surface area (Å²) in [5.74, 6) is -0.451. The van der Waals surface area contributed by atoms with E-state index in [2.05, 4.69) is 13.8 Å². The Bertz CT molecular complexity index is 619. The summed E-state index contributed by atoms with van der Waals surface area (Å²) in [6, 6.07) is 11.3. The molecule has 104 valence electrons. The number of ketones is 1. The van der Waals surface area contributed by atoms with E-state index in [1.165, 1.54) is 23.8 Å². The minimum Gasteiger partial charge on any atom is -0.288 e. The van der Waals surface area contributed by atoms with Gasteiger partial charge in [-0.05, 0) is 36.1 Å². The fraction of sp³-hybridized carbons (Fsp3) is 0.235. The van der Waals surface area contributed by atoms with E-state index in [-0.39, 0.29) is 11.3 Å². The summed E-state index contributed by atoms with van der Waals surface area (Å²) < 4.78 is 13.7. The van der Waals surface area contributed by atoms with Crippen LogP contribution in [0.1, 0.15) is 47.7 Å². The monoisotopic (exact) mass is 290 g/mol. The molecule has 0 radical (unpaired) electrons. The summed E-state index contributed by atoms with van der Waals surface area (Å²) in [7, 11) is 0. The Labute approximate surface area is 123 Å². The van der Waals surface area contributed by atoms with E-state index in [1.807, 2.05) is 12.1 Å². The molecule has 0 aliphatic heterocycles. The van der Waals surface area contributed by atoms with Gasteiger partial charge in [-0.15, -0.1) is 0 Å². The van der Waals surface area contributed by atoms with Gasteiger partial charge in [-0.2, -0.15) is 0 Å². The van der Waals surface area contributed by atoms with E-state index in [0.717, 1.165) is 6.42 Å². The smallest absolute Gasteiger partial charge is 0.196 e. The molecule has 1 nitrogen and oxygen atoms in total. The molecule has 0 bridgehead atoms. The summed E-state index contributed by atoms with van der Waals surface area (Å²) in [6.07, 6.45) is 1.04. The molecule has 20 heavy (non-hydrogen) atoms. The zero-order valence-electron chi connectivity index (χ0n) is 11.5. The highest BCUT2D eigenvalue weighted by molar-refractivity contribution is 6.31. The molecular formula is C17H16ClFO. The van der Waals surface area contributed by atoms with Gasteiger partial charge < -0.3 is 0 Å². The first-order chi connectivity index (χ1) is 9.52. The lowest BCUT2D eigenvalue weighted by molar-refractivity contribution is 0.103. The zero-order chi connectivity index (χ0) is 14.7. The third-order valence-electron chi connectivity index (χ3n) is 3.53. The Morgan fingerprint density at radius 2 is 1.85 bits per heavy atom. The van der Waals surface area contributed by atoms with Crippen molar-refractivity contribution in [2.75, 3.05) is 0 Å². The van der Waals surface area contributed by atoms with Crippen molar-refractivity contribution in [3.05, 3.63) is 70.0 Å². The van der Waals surface area contributed by atoms with Crippen LogP contribution in [0.25, 0.3) is 0 Å². The maximum absolute atomic E-state index is 13.7. The summed E-state index contributed by atoms with van der Waals surface area (Å²) >= 11 is 5.82. The molecule has 0 amide bonds. The van der Waals surface area contributed by atoms with Gasteiger partial charge in [0.1, 0.15) is 5.82 Å². The second-order valence-corrected chi connectivity index (χ2v) is 5.32. The predicted octanol–water partition coefficient (Wildman–Crippen LogP) is 5.22. The highest BCUT2D eigenvalue weighted by Crippen LogP contribution is 2.22. The number of hydrogen-bond donors (Lipinski definition) is 0. The first-order valence-corrected chi connectivity index (χ1v) is 7.00. The molecule has 2 rings (SSSR count). The van der Waals surface area contributed by atoms with Gasteiger partial charge in [0.15, 0.2) is 5.78 Å². The average molecular weight is 291 g/mol. The molecular weight excluding hydrogens is 275 g/mol. The first-order valence-electron chi connectivity index (χ1n) is 6.62. The molecule has 0 aromatic heterocycles. The molecule has 0 aliphatic rings. The fourth-order valence-electron chi connectivity index (χ4n) is 2.03. The van der Waals surface area contributed by atoms with Crippen LogP contribution in [0.4, 0.5) is 4.39 Å². The van der Waals surface area contributed by atoms with Crippen molar-refractivity contribution < 1.29 is 9.18 Å². The zero-order valence-corrected chi connectivity index (χ0v) is 12.2. The van der Waals surface area contributed by atoms with E-state index in [9.17, 15) is 9.18 Å². The Morgan fingerprint density at radius 1 is 1.20 bits per heavy atom. The molecule has 0 aliphatic carbocycles. The van der Waals surface area contributed by atoms with Crippen LogP contribution < -0.4 is 0 Å². The van der Waals surface area contributed by atoms with Gasteiger partial charge in [-0.3, -0.25) is 4.79 Å². The van der Waals surface area contributed by atoms with Crippen molar-refractivity contribution >= 4 is 17.4 Å². The summed E-state index contributed by atoms with van der Waals surface area (Å²) in [4.78, 5) is 12.3. The van der Waals surface area contributed by atoms with Crippen molar-refractivity contribution in [2.45, 2.75) is 26.2 Å². The minimum atomic E-state index is -0.551. The molecule has 0 heterocycles. The fourth-order valence-corrected chi connectivity index (χ4v) is 2.20. The van der Waals surface area contributed by atoms with Crippen LogP contribution in [0.3, 0.4) is 0 Å². The van der Waals surface area contributed by atoms with Gasteiger partial charge in [0.05, 0.1) is 5.56 Å². The van der Waals surface area contributed by atoms with E-state index < -0.39 is 5.82 Å². The lowest BCUT2D eigenvalue weighted by Gasteiger charge is -2.09. The van der Waals surface area contributed by atoms with E-state index in [1.54, 1.807) is 12.1 Å². The summed E-state index contributed by atoms with van der Waals surface area (Å²) in [5.41, 5.74) is 1.66. The lowest BCUT2D eigenvalue weighted by atomic mass is 9.95. The predicted molar refractivity (Wildman–Crippen MR) is 80.0 cm³/mol. The Morgan fingerprint density at radius 3 is 2.45 bits per heavy atom. The molecule has 2 aromatic rings. The maximum atomic E-state index is 13.7. The summed E-state index contributed by atoms with van der Waals surface area (Å²) in [6.45, 7) is 4.25. The minimum absolute atomic E-state index is 0.00814. The third-order valence-corrected chi connectivity index (χ3v) is 3.76.